The first kappa shape index (κ1) is 14.7. The van der Waals surface area contributed by atoms with E-state index in [1.165, 1.54) is 6.07 Å². The third-order valence-corrected chi connectivity index (χ3v) is 4.27. The van der Waals surface area contributed by atoms with Gasteiger partial charge in [0.1, 0.15) is 5.82 Å². The van der Waals surface area contributed by atoms with Crippen LogP contribution in [-0.2, 0) is 0 Å². The Labute approximate surface area is 133 Å². The minimum Gasteiger partial charge on any atom is -0.288 e. The van der Waals surface area contributed by atoms with Crippen LogP contribution in [0.1, 0.15) is 27.0 Å². The Morgan fingerprint density at radius 1 is 1.21 bits per heavy atom. The molecule has 2 aromatic carbocycles. The van der Waals surface area contributed by atoms with E-state index in [2.05, 4.69) is 38.5 Å². The van der Waals surface area contributed by atoms with Gasteiger partial charge in [0, 0.05) is 13.6 Å². The van der Waals surface area contributed by atoms with E-state index < -0.39 is 5.82 Å². The van der Waals surface area contributed by atoms with E-state index in [9.17, 15) is 9.18 Å². The fourth-order valence-corrected chi connectivity index (χ4v) is 2.95. The zero-order valence-corrected chi connectivity index (χ0v) is 14.2. The van der Waals surface area contributed by atoms with Crippen LogP contribution in [0.5, 0.6) is 0 Å². The highest BCUT2D eigenvalue weighted by Gasteiger charge is 2.19. The summed E-state index contributed by atoms with van der Waals surface area (Å²) < 4.78 is 15.7. The fourth-order valence-electron chi connectivity index (χ4n) is 2.01. The van der Waals surface area contributed by atoms with Gasteiger partial charge in [-0.1, -0.05) is 22.0 Å². The fraction of sp³-hybridized carbons (Fsp3) is 0.133. The Bertz CT molecular complexity index is 644. The smallest absolute Gasteiger partial charge is 0.197 e. The molecule has 0 saturated carbocycles. The van der Waals surface area contributed by atoms with Crippen molar-refractivity contribution in [3.8, 4) is 0 Å². The lowest BCUT2D eigenvalue weighted by Gasteiger charge is -2.09. The van der Waals surface area contributed by atoms with Gasteiger partial charge in [-0.2, -0.15) is 0 Å². The molecule has 0 saturated heterocycles. The Morgan fingerprint density at radius 3 is 2.53 bits per heavy atom. The number of carbonyl (C=O) groups is 1. The van der Waals surface area contributed by atoms with Crippen molar-refractivity contribution in [2.75, 3.05) is 0 Å². The Balaban J connectivity index is 2.59. The van der Waals surface area contributed by atoms with E-state index in [0.29, 0.717) is 11.1 Å². The zero-order chi connectivity index (χ0) is 14.2. The minimum atomic E-state index is -0.460. The highest BCUT2D eigenvalue weighted by atomic mass is 127. The van der Waals surface area contributed by atoms with Crippen LogP contribution in [-0.4, -0.2) is 5.78 Å². The number of hydrogen-bond acceptors (Lipinski definition) is 1. The van der Waals surface area contributed by atoms with Gasteiger partial charge in [0.2, 0.25) is 0 Å². The summed E-state index contributed by atoms with van der Waals surface area (Å²) in [5.74, 6) is -0.737. The number of hydrogen-bond donors (Lipinski definition) is 0. The van der Waals surface area contributed by atoms with Crippen LogP contribution in [0.3, 0.4) is 0 Å². The van der Waals surface area contributed by atoms with Gasteiger partial charge in [-0.3, -0.25) is 4.79 Å². The van der Waals surface area contributed by atoms with Crippen LogP contribution >= 0.6 is 38.5 Å². The van der Waals surface area contributed by atoms with Crippen LogP contribution in [0.25, 0.3) is 0 Å². The van der Waals surface area contributed by atoms with Gasteiger partial charge in [0.15, 0.2) is 5.78 Å². The maximum absolute atomic E-state index is 14.0. The molecule has 0 aliphatic rings. The van der Waals surface area contributed by atoms with Crippen molar-refractivity contribution in [3.63, 3.8) is 0 Å². The van der Waals surface area contributed by atoms with Gasteiger partial charge in [-0.05, 0) is 71.8 Å². The number of benzene rings is 2. The largest absolute Gasteiger partial charge is 0.288 e. The minimum absolute atomic E-state index is 0.154. The molecular formula is C15H11BrFIO. The molecule has 0 radical (unpaired) electrons. The normalized spacial score (nSPS) is 10.6. The Morgan fingerprint density at radius 2 is 1.89 bits per heavy atom. The second-order valence-electron chi connectivity index (χ2n) is 4.39. The number of ketones is 1. The van der Waals surface area contributed by atoms with Crippen molar-refractivity contribution < 1.29 is 9.18 Å². The first-order valence-corrected chi connectivity index (χ1v) is 7.54. The van der Waals surface area contributed by atoms with Gasteiger partial charge in [-0.25, -0.2) is 4.39 Å². The summed E-state index contributed by atoms with van der Waals surface area (Å²) in [6.07, 6.45) is 0. The molecule has 0 N–H and O–H groups in total. The van der Waals surface area contributed by atoms with E-state index >= 15 is 0 Å². The van der Waals surface area contributed by atoms with E-state index in [1.54, 1.807) is 13.0 Å². The summed E-state index contributed by atoms with van der Waals surface area (Å²) in [6, 6.07) is 8.63. The van der Waals surface area contributed by atoms with Gasteiger partial charge in [0.25, 0.3) is 0 Å². The molecule has 0 unspecified atom stereocenters. The molecule has 0 spiro atoms. The maximum Gasteiger partial charge on any atom is 0.197 e. The molecule has 2 aromatic rings. The van der Waals surface area contributed by atoms with Crippen molar-refractivity contribution in [1.29, 1.82) is 0 Å². The van der Waals surface area contributed by atoms with Crippen LogP contribution in [0.4, 0.5) is 4.39 Å². The molecule has 0 aliphatic heterocycles. The quantitative estimate of drug-likeness (QED) is 0.480. The molecule has 0 heterocycles. The molecule has 0 fully saturated rings. The van der Waals surface area contributed by atoms with Crippen molar-refractivity contribution >= 4 is 44.3 Å². The molecule has 4 heteroatoms. The highest BCUT2D eigenvalue weighted by molar-refractivity contribution is 14.1. The zero-order valence-electron chi connectivity index (χ0n) is 10.4. The first-order valence-electron chi connectivity index (χ1n) is 5.66. The molecule has 2 rings (SSSR count). The van der Waals surface area contributed by atoms with Gasteiger partial charge in [-0.15, -0.1) is 0 Å². The number of halogens is 3. The maximum atomic E-state index is 14.0. The van der Waals surface area contributed by atoms with E-state index in [4.69, 9.17) is 0 Å². The Kier molecular flexibility index (Phi) is 4.40. The van der Waals surface area contributed by atoms with Crippen LogP contribution in [0.15, 0.2) is 34.8 Å². The first-order chi connectivity index (χ1) is 8.90. The third-order valence-electron chi connectivity index (χ3n) is 2.83. The van der Waals surface area contributed by atoms with E-state index in [-0.39, 0.29) is 11.3 Å². The second kappa shape index (κ2) is 5.71. The SMILES string of the molecule is Cc1cc(C)c(C(=O)c2cc(Br)ccc2I)c(F)c1. The topological polar surface area (TPSA) is 17.1 Å². The molecule has 98 valence electrons. The predicted molar refractivity (Wildman–Crippen MR) is 86.2 cm³/mol. The second-order valence-corrected chi connectivity index (χ2v) is 6.47. The average molecular weight is 433 g/mol. The summed E-state index contributed by atoms with van der Waals surface area (Å²) in [5, 5.41) is 0. The summed E-state index contributed by atoms with van der Waals surface area (Å²) in [7, 11) is 0. The molecular weight excluding hydrogens is 422 g/mol. The van der Waals surface area contributed by atoms with E-state index in [1.807, 2.05) is 25.1 Å². The number of carbonyl (C=O) groups excluding carboxylic acids is 1. The number of rotatable bonds is 2. The summed E-state index contributed by atoms with van der Waals surface area (Å²) in [6.45, 7) is 3.57. The lowest BCUT2D eigenvalue weighted by molar-refractivity contribution is 0.103. The lowest BCUT2D eigenvalue weighted by atomic mass is 9.97. The van der Waals surface area contributed by atoms with Crippen LogP contribution < -0.4 is 0 Å². The highest BCUT2D eigenvalue weighted by Crippen LogP contribution is 2.24. The molecule has 19 heavy (non-hydrogen) atoms. The molecule has 0 aliphatic carbocycles. The molecule has 1 nitrogen and oxygen atoms in total. The standard InChI is InChI=1S/C15H11BrFIO/c1-8-5-9(2)14(12(17)6-8)15(19)11-7-10(16)3-4-13(11)18/h3-7H,1-2H3. The summed E-state index contributed by atoms with van der Waals surface area (Å²) in [4.78, 5) is 12.5. The van der Waals surface area contributed by atoms with E-state index in [0.717, 1.165) is 13.6 Å². The van der Waals surface area contributed by atoms with Crippen molar-refractivity contribution in [3.05, 3.63) is 66.4 Å². The van der Waals surface area contributed by atoms with Gasteiger partial charge < -0.3 is 0 Å². The average Bonchev–Trinajstić information content (AvgIpc) is 2.30. The monoisotopic (exact) mass is 432 g/mol. The van der Waals surface area contributed by atoms with Crippen LogP contribution in [0, 0.1) is 23.2 Å². The molecule has 0 bridgehead atoms. The molecule has 0 atom stereocenters. The van der Waals surface area contributed by atoms with Crippen LogP contribution in [0.2, 0.25) is 0 Å². The molecule has 0 aromatic heterocycles. The molecule has 0 amide bonds. The third kappa shape index (κ3) is 3.05. The predicted octanol–water partition coefficient (Wildman–Crippen LogP) is 5.04. The van der Waals surface area contributed by atoms with Gasteiger partial charge >= 0.3 is 0 Å². The van der Waals surface area contributed by atoms with Crippen molar-refractivity contribution in [1.82, 2.24) is 0 Å². The summed E-state index contributed by atoms with van der Waals surface area (Å²) >= 11 is 5.42. The Hall–Kier alpha value is -0.750. The summed E-state index contributed by atoms with van der Waals surface area (Å²) in [5.41, 5.74) is 2.15. The van der Waals surface area contributed by atoms with Crippen molar-refractivity contribution in [2.45, 2.75) is 13.8 Å². The number of aryl methyl sites for hydroxylation is 2. The lowest BCUT2D eigenvalue weighted by Crippen LogP contribution is -2.09. The van der Waals surface area contributed by atoms with Crippen molar-refractivity contribution in [2.24, 2.45) is 0 Å². The van der Waals surface area contributed by atoms with Gasteiger partial charge in [0.05, 0.1) is 5.56 Å².